The van der Waals surface area contributed by atoms with E-state index in [4.69, 9.17) is 5.11 Å². The van der Waals surface area contributed by atoms with E-state index in [1.807, 2.05) is 18.2 Å². The minimum atomic E-state index is -0.375. The first-order valence-electron chi connectivity index (χ1n) is 4.82. The number of rotatable bonds is 4. The molecule has 0 fully saturated rings. The number of nitrogens with one attached hydrogen (secondary N) is 1. The molecule has 0 aliphatic rings. The van der Waals surface area contributed by atoms with Crippen molar-refractivity contribution in [2.24, 2.45) is 0 Å². The highest BCUT2D eigenvalue weighted by Crippen LogP contribution is 2.10. The maximum atomic E-state index is 11.6. The van der Waals surface area contributed by atoms with Gasteiger partial charge in [-0.3, -0.25) is 4.79 Å². The van der Waals surface area contributed by atoms with Crippen molar-refractivity contribution in [3.63, 3.8) is 0 Å². The summed E-state index contributed by atoms with van der Waals surface area (Å²) >= 11 is 2.13. The zero-order valence-corrected chi connectivity index (χ0v) is 10.7. The molecule has 0 spiro atoms. The molecule has 0 aliphatic heterocycles. The van der Waals surface area contributed by atoms with Gasteiger partial charge in [0.2, 0.25) is 0 Å². The molecule has 0 saturated heterocycles. The van der Waals surface area contributed by atoms with Crippen molar-refractivity contribution < 1.29 is 9.90 Å². The molecule has 3 nitrogen and oxygen atoms in total. The van der Waals surface area contributed by atoms with Gasteiger partial charge in [0, 0.05) is 10.1 Å². The van der Waals surface area contributed by atoms with E-state index in [-0.39, 0.29) is 12.0 Å². The molecule has 1 aromatic carbocycles. The Kier molecular flexibility index (Phi) is 5.04. The first-order chi connectivity index (χ1) is 7.11. The van der Waals surface area contributed by atoms with Crippen LogP contribution in [0.5, 0.6) is 0 Å². The Labute approximate surface area is 103 Å². The molecule has 0 radical (unpaired) electrons. The lowest BCUT2D eigenvalue weighted by atomic mass is 10.2. The number of benzene rings is 1. The van der Waals surface area contributed by atoms with Gasteiger partial charge in [0.05, 0.1) is 11.7 Å². The summed E-state index contributed by atoms with van der Waals surface area (Å²) in [5.74, 6) is -0.0827. The fraction of sp³-hybridized carbons (Fsp3) is 0.364. The number of halogens is 1. The third-order valence-electron chi connectivity index (χ3n) is 1.97. The van der Waals surface area contributed by atoms with Crippen LogP contribution >= 0.6 is 22.6 Å². The lowest BCUT2D eigenvalue weighted by Gasteiger charge is -2.07. The summed E-state index contributed by atoms with van der Waals surface area (Å²) in [6.07, 6.45) is 0.204. The molecule has 0 bridgehead atoms. The lowest BCUT2D eigenvalue weighted by molar-refractivity contribution is 0.0944. The van der Waals surface area contributed by atoms with Crippen molar-refractivity contribution in [2.75, 3.05) is 6.54 Å². The van der Waals surface area contributed by atoms with E-state index >= 15 is 0 Å². The van der Waals surface area contributed by atoms with Gasteiger partial charge in [-0.15, -0.1) is 0 Å². The van der Waals surface area contributed by atoms with Gasteiger partial charge >= 0.3 is 0 Å². The zero-order chi connectivity index (χ0) is 11.3. The van der Waals surface area contributed by atoms with Crippen LogP contribution in [-0.4, -0.2) is 23.7 Å². The first-order valence-corrected chi connectivity index (χ1v) is 5.90. The Morgan fingerprint density at radius 3 is 2.80 bits per heavy atom. The second-order valence-electron chi connectivity index (χ2n) is 3.37. The molecule has 1 aromatic rings. The molecule has 82 valence electrons. The van der Waals surface area contributed by atoms with Crippen LogP contribution < -0.4 is 5.32 Å². The van der Waals surface area contributed by atoms with Crippen LogP contribution in [-0.2, 0) is 0 Å². The predicted molar refractivity (Wildman–Crippen MR) is 67.8 cm³/mol. The minimum absolute atomic E-state index is 0.0827. The van der Waals surface area contributed by atoms with Crippen LogP contribution in [0.2, 0.25) is 0 Å². The highest BCUT2D eigenvalue weighted by molar-refractivity contribution is 14.1. The number of carbonyl (C=O) groups excluding carboxylic acids is 1. The smallest absolute Gasteiger partial charge is 0.252 e. The molecule has 1 rings (SSSR count). The molecule has 15 heavy (non-hydrogen) atoms. The van der Waals surface area contributed by atoms with Gasteiger partial charge < -0.3 is 10.4 Å². The average Bonchev–Trinajstić information content (AvgIpc) is 2.17. The molecule has 0 saturated carbocycles. The largest absolute Gasteiger partial charge is 0.393 e. The summed E-state index contributed by atoms with van der Waals surface area (Å²) in [7, 11) is 0. The fourth-order valence-electron chi connectivity index (χ4n) is 1.14. The molecule has 1 amide bonds. The highest BCUT2D eigenvalue weighted by atomic mass is 127. The van der Waals surface area contributed by atoms with Gasteiger partial charge in [-0.25, -0.2) is 0 Å². The number of aliphatic hydroxyl groups is 1. The average molecular weight is 319 g/mol. The van der Waals surface area contributed by atoms with Crippen LogP contribution in [0.1, 0.15) is 23.7 Å². The monoisotopic (exact) mass is 319 g/mol. The van der Waals surface area contributed by atoms with E-state index in [0.29, 0.717) is 18.5 Å². The molecule has 2 N–H and O–H groups in total. The van der Waals surface area contributed by atoms with Gasteiger partial charge in [0.15, 0.2) is 0 Å². The van der Waals surface area contributed by atoms with Crippen molar-refractivity contribution in [2.45, 2.75) is 19.4 Å². The molecule has 0 aliphatic carbocycles. The van der Waals surface area contributed by atoms with E-state index in [1.165, 1.54) is 0 Å². The van der Waals surface area contributed by atoms with Crippen molar-refractivity contribution in [1.29, 1.82) is 0 Å². The quantitative estimate of drug-likeness (QED) is 0.832. The van der Waals surface area contributed by atoms with Crippen LogP contribution in [0, 0.1) is 3.57 Å². The summed E-state index contributed by atoms with van der Waals surface area (Å²) in [5.41, 5.74) is 0.684. The summed E-state index contributed by atoms with van der Waals surface area (Å²) < 4.78 is 0.935. The van der Waals surface area contributed by atoms with Crippen LogP contribution in [0.4, 0.5) is 0 Å². The Hall–Kier alpha value is -0.620. The van der Waals surface area contributed by atoms with Gasteiger partial charge in [-0.05, 0) is 48.1 Å². The predicted octanol–water partition coefficient (Wildman–Crippen LogP) is 1.79. The van der Waals surface area contributed by atoms with Crippen LogP contribution in [0.25, 0.3) is 0 Å². The molecule has 1 atom stereocenters. The van der Waals surface area contributed by atoms with E-state index in [2.05, 4.69) is 27.9 Å². The lowest BCUT2D eigenvalue weighted by Crippen LogP contribution is -2.27. The second-order valence-corrected chi connectivity index (χ2v) is 4.54. The van der Waals surface area contributed by atoms with Gasteiger partial charge in [0.1, 0.15) is 0 Å². The van der Waals surface area contributed by atoms with Crippen LogP contribution in [0.3, 0.4) is 0 Å². The third kappa shape index (κ3) is 4.17. The Bertz CT molecular complexity index is 339. The highest BCUT2D eigenvalue weighted by Gasteiger charge is 2.08. The van der Waals surface area contributed by atoms with Crippen molar-refractivity contribution in [3.05, 3.63) is 33.4 Å². The number of aliphatic hydroxyl groups excluding tert-OH is 1. The van der Waals surface area contributed by atoms with E-state index in [0.717, 1.165) is 3.57 Å². The van der Waals surface area contributed by atoms with Gasteiger partial charge in [0.25, 0.3) is 5.91 Å². The molecule has 1 unspecified atom stereocenters. The molecular weight excluding hydrogens is 305 g/mol. The molecule has 4 heteroatoms. The Morgan fingerprint density at radius 1 is 1.53 bits per heavy atom. The van der Waals surface area contributed by atoms with Gasteiger partial charge in [-0.2, -0.15) is 0 Å². The van der Waals surface area contributed by atoms with E-state index in [9.17, 15) is 4.79 Å². The van der Waals surface area contributed by atoms with Gasteiger partial charge in [-0.1, -0.05) is 12.1 Å². The molecular formula is C11H14INO2. The summed E-state index contributed by atoms with van der Waals surface area (Å²) in [5, 5.41) is 11.8. The van der Waals surface area contributed by atoms with Crippen molar-refractivity contribution >= 4 is 28.5 Å². The van der Waals surface area contributed by atoms with Crippen molar-refractivity contribution in [1.82, 2.24) is 5.32 Å². The summed E-state index contributed by atoms with van der Waals surface area (Å²) in [6, 6.07) is 7.42. The fourth-order valence-corrected chi connectivity index (χ4v) is 1.77. The maximum Gasteiger partial charge on any atom is 0.252 e. The topological polar surface area (TPSA) is 49.3 Å². The SMILES string of the molecule is CC(O)CCNC(=O)c1ccccc1I. The minimum Gasteiger partial charge on any atom is -0.393 e. The normalized spacial score (nSPS) is 12.2. The number of amides is 1. The first kappa shape index (κ1) is 12.4. The standard InChI is InChI=1S/C11H14INO2/c1-8(14)6-7-13-11(15)9-4-2-3-5-10(9)12/h2-5,8,14H,6-7H2,1H3,(H,13,15). The van der Waals surface area contributed by atoms with Crippen molar-refractivity contribution in [3.8, 4) is 0 Å². The summed E-state index contributed by atoms with van der Waals surface area (Å²) in [6.45, 7) is 2.21. The maximum absolute atomic E-state index is 11.6. The number of hydrogen-bond acceptors (Lipinski definition) is 2. The molecule has 0 heterocycles. The number of hydrogen-bond donors (Lipinski definition) is 2. The Balaban J connectivity index is 2.51. The third-order valence-corrected chi connectivity index (χ3v) is 2.91. The van der Waals surface area contributed by atoms with E-state index < -0.39 is 0 Å². The zero-order valence-electron chi connectivity index (χ0n) is 8.53. The Morgan fingerprint density at radius 2 is 2.20 bits per heavy atom. The van der Waals surface area contributed by atoms with E-state index in [1.54, 1.807) is 13.0 Å². The number of carbonyl (C=O) groups is 1. The van der Waals surface area contributed by atoms with Crippen LogP contribution in [0.15, 0.2) is 24.3 Å². The second kappa shape index (κ2) is 6.07. The molecule has 0 aromatic heterocycles. The summed E-state index contributed by atoms with van der Waals surface area (Å²) in [4.78, 5) is 11.6.